The highest BCUT2D eigenvalue weighted by molar-refractivity contribution is 9.10. The van der Waals surface area contributed by atoms with Gasteiger partial charge in [0.25, 0.3) is 23.4 Å². The molecular formula is C25H17Br2N3O6. The molecule has 3 aromatic carbocycles. The lowest BCUT2D eigenvalue weighted by Crippen LogP contribution is -2.67. The molecule has 5 rings (SSSR count). The summed E-state index contributed by atoms with van der Waals surface area (Å²) in [6, 6.07) is 12.6. The second-order valence-electron chi connectivity index (χ2n) is 8.36. The monoisotopic (exact) mass is 613 g/mol. The molecule has 1 saturated heterocycles. The van der Waals surface area contributed by atoms with Crippen molar-refractivity contribution in [3.05, 3.63) is 95.9 Å². The molecule has 2 aliphatic heterocycles. The fraction of sp³-hybridized carbons (Fsp3) is 0.160. The molecule has 182 valence electrons. The predicted molar refractivity (Wildman–Crippen MR) is 137 cm³/mol. The number of rotatable bonds is 5. The molecule has 1 fully saturated rings. The van der Waals surface area contributed by atoms with Crippen LogP contribution in [0.1, 0.15) is 37.9 Å². The lowest BCUT2D eigenvalue weighted by Gasteiger charge is -2.50. The summed E-state index contributed by atoms with van der Waals surface area (Å²) in [4.78, 5) is 53.5. The zero-order valence-corrected chi connectivity index (χ0v) is 22.1. The number of ether oxygens (including phenoxy) is 1. The average molecular weight is 615 g/mol. The van der Waals surface area contributed by atoms with Crippen LogP contribution < -0.4 is 9.64 Å². The Morgan fingerprint density at radius 3 is 2.31 bits per heavy atom. The van der Waals surface area contributed by atoms with E-state index in [1.165, 1.54) is 30.2 Å². The maximum absolute atomic E-state index is 13.6. The van der Waals surface area contributed by atoms with Gasteiger partial charge in [-0.05, 0) is 70.4 Å². The molecule has 36 heavy (non-hydrogen) atoms. The van der Waals surface area contributed by atoms with E-state index in [4.69, 9.17) is 4.74 Å². The molecule has 2 atom stereocenters. The van der Waals surface area contributed by atoms with Gasteiger partial charge in [0.1, 0.15) is 17.4 Å². The average Bonchev–Trinajstić information content (AvgIpc) is 3.09. The number of nitro benzene ring substituents is 1. The van der Waals surface area contributed by atoms with Crippen LogP contribution in [0.2, 0.25) is 0 Å². The lowest BCUT2D eigenvalue weighted by molar-refractivity contribution is -0.385. The van der Waals surface area contributed by atoms with Gasteiger partial charge in [-0.2, -0.15) is 0 Å². The van der Waals surface area contributed by atoms with Crippen LogP contribution in [-0.4, -0.2) is 40.7 Å². The number of benzene rings is 3. The van der Waals surface area contributed by atoms with E-state index in [0.29, 0.717) is 21.5 Å². The van der Waals surface area contributed by atoms with Crippen LogP contribution in [-0.2, 0) is 4.79 Å². The number of carbonyl (C=O) groups is 3. The van der Waals surface area contributed by atoms with E-state index in [1.807, 2.05) is 19.1 Å². The fourth-order valence-electron chi connectivity index (χ4n) is 4.68. The largest absolute Gasteiger partial charge is 0.496 e. The smallest absolute Gasteiger partial charge is 0.282 e. The van der Waals surface area contributed by atoms with E-state index in [0.717, 1.165) is 14.9 Å². The van der Waals surface area contributed by atoms with Crippen molar-refractivity contribution in [3.63, 3.8) is 0 Å². The molecule has 2 aliphatic rings. The zero-order chi connectivity index (χ0) is 25.9. The molecule has 0 aliphatic carbocycles. The van der Waals surface area contributed by atoms with Crippen LogP contribution in [0.3, 0.4) is 0 Å². The van der Waals surface area contributed by atoms with Gasteiger partial charge >= 0.3 is 0 Å². The summed E-state index contributed by atoms with van der Waals surface area (Å²) >= 11 is 6.92. The Morgan fingerprint density at radius 1 is 0.917 bits per heavy atom. The minimum Gasteiger partial charge on any atom is -0.496 e. The first-order valence-electron chi connectivity index (χ1n) is 10.7. The highest BCUT2D eigenvalue weighted by Crippen LogP contribution is 2.46. The zero-order valence-electron chi connectivity index (χ0n) is 18.9. The number of amides is 3. The summed E-state index contributed by atoms with van der Waals surface area (Å²) in [5.74, 6) is -1.49. The van der Waals surface area contributed by atoms with Crippen molar-refractivity contribution in [1.29, 1.82) is 0 Å². The van der Waals surface area contributed by atoms with Gasteiger partial charge in [-0.25, -0.2) is 0 Å². The summed E-state index contributed by atoms with van der Waals surface area (Å²) < 4.78 is 6.81. The summed E-state index contributed by atoms with van der Waals surface area (Å²) in [5.41, 5.74) is 1.29. The van der Waals surface area contributed by atoms with E-state index < -0.39 is 40.4 Å². The van der Waals surface area contributed by atoms with Crippen LogP contribution in [0.15, 0.2) is 63.5 Å². The van der Waals surface area contributed by atoms with Crippen molar-refractivity contribution >= 4 is 61.0 Å². The highest BCUT2D eigenvalue weighted by atomic mass is 79.9. The number of imide groups is 1. The molecule has 2 heterocycles. The molecule has 9 nitrogen and oxygen atoms in total. The maximum atomic E-state index is 13.6. The number of nitrogens with zero attached hydrogens (tertiary/aromatic N) is 3. The Kier molecular flexibility index (Phi) is 5.92. The summed E-state index contributed by atoms with van der Waals surface area (Å²) in [7, 11) is 1.53. The molecule has 0 aromatic heterocycles. The van der Waals surface area contributed by atoms with Gasteiger partial charge in [-0.1, -0.05) is 28.1 Å². The number of hydrogen-bond donors (Lipinski definition) is 0. The number of carbonyl (C=O) groups excluding carboxylic acids is 3. The third kappa shape index (κ3) is 3.53. The van der Waals surface area contributed by atoms with Gasteiger partial charge in [0.15, 0.2) is 0 Å². The number of nitro groups is 1. The Labute approximate surface area is 222 Å². The van der Waals surface area contributed by atoms with E-state index in [9.17, 15) is 24.5 Å². The van der Waals surface area contributed by atoms with Crippen LogP contribution in [0.25, 0.3) is 0 Å². The molecular weight excluding hydrogens is 598 g/mol. The fourth-order valence-corrected chi connectivity index (χ4v) is 5.49. The van der Waals surface area contributed by atoms with Gasteiger partial charge in [0, 0.05) is 16.2 Å². The van der Waals surface area contributed by atoms with Crippen molar-refractivity contribution in [2.75, 3.05) is 12.0 Å². The van der Waals surface area contributed by atoms with Gasteiger partial charge in [-0.3, -0.25) is 29.4 Å². The van der Waals surface area contributed by atoms with Crippen molar-refractivity contribution in [3.8, 4) is 5.75 Å². The van der Waals surface area contributed by atoms with E-state index in [-0.39, 0.29) is 11.1 Å². The SMILES string of the molecule is COc1ccc([C@H]2[C@H](N3C(=O)c4cccc([N+](=O)[O-])c4C3=O)C(=O)N2c2ccc(Br)c(C)c2)cc1Br. The lowest BCUT2D eigenvalue weighted by atomic mass is 9.86. The molecule has 11 heteroatoms. The van der Waals surface area contributed by atoms with Gasteiger partial charge < -0.3 is 9.64 Å². The number of β-lactam (4-membered cyclic amide) rings is 1. The van der Waals surface area contributed by atoms with Crippen LogP contribution in [0.4, 0.5) is 11.4 Å². The number of halogens is 2. The topological polar surface area (TPSA) is 110 Å². The van der Waals surface area contributed by atoms with Gasteiger partial charge in [-0.15, -0.1) is 0 Å². The number of hydrogen-bond acceptors (Lipinski definition) is 6. The normalized spacial score (nSPS) is 18.8. The van der Waals surface area contributed by atoms with Crippen molar-refractivity contribution < 1.29 is 24.0 Å². The van der Waals surface area contributed by atoms with Gasteiger partial charge in [0.2, 0.25) is 0 Å². The molecule has 0 saturated carbocycles. The van der Waals surface area contributed by atoms with Crippen molar-refractivity contribution in [1.82, 2.24) is 4.90 Å². The summed E-state index contributed by atoms with van der Waals surface area (Å²) in [6.07, 6.45) is 0. The molecule has 3 amide bonds. The van der Waals surface area contributed by atoms with Crippen LogP contribution >= 0.6 is 31.9 Å². The molecule has 0 N–H and O–H groups in total. The first-order chi connectivity index (χ1) is 17.1. The number of methoxy groups -OCH3 is 1. The Balaban J connectivity index is 1.63. The minimum atomic E-state index is -1.18. The minimum absolute atomic E-state index is 0.0883. The highest BCUT2D eigenvalue weighted by Gasteiger charge is 2.58. The molecule has 0 spiro atoms. The second-order valence-corrected chi connectivity index (χ2v) is 10.1. The van der Waals surface area contributed by atoms with Crippen molar-refractivity contribution in [2.24, 2.45) is 0 Å². The predicted octanol–water partition coefficient (Wildman–Crippen LogP) is 5.19. The van der Waals surface area contributed by atoms with Crippen LogP contribution in [0, 0.1) is 17.0 Å². The number of anilines is 1. The number of aryl methyl sites for hydroxylation is 1. The molecule has 0 unspecified atom stereocenters. The Morgan fingerprint density at radius 2 is 1.67 bits per heavy atom. The van der Waals surface area contributed by atoms with Crippen molar-refractivity contribution in [2.45, 2.75) is 19.0 Å². The van der Waals surface area contributed by atoms with E-state index >= 15 is 0 Å². The number of fused-ring (bicyclic) bond motifs is 1. The second kappa shape index (κ2) is 8.82. The third-order valence-corrected chi connectivity index (χ3v) is 7.91. The maximum Gasteiger partial charge on any atom is 0.282 e. The Bertz CT molecular complexity index is 1490. The molecule has 3 aromatic rings. The first kappa shape index (κ1) is 24.1. The molecule has 0 bridgehead atoms. The Hall–Kier alpha value is -3.57. The summed E-state index contributed by atoms with van der Waals surface area (Å²) in [5, 5.41) is 11.5. The standard InChI is InChI=1S/C25H17Br2N3O6/c1-12-10-14(7-8-16(12)26)28-21(13-6-9-19(36-2)17(27)11-13)22(25(28)33)29-23(31)15-4-3-5-18(30(34)35)20(15)24(29)32/h3-11,21-22H,1-2H3/t21-,22-/m0/s1. The van der Waals surface area contributed by atoms with Crippen LogP contribution in [0.5, 0.6) is 5.75 Å². The summed E-state index contributed by atoms with van der Waals surface area (Å²) in [6.45, 7) is 1.89. The molecule has 0 radical (unpaired) electrons. The van der Waals surface area contributed by atoms with E-state index in [2.05, 4.69) is 31.9 Å². The van der Waals surface area contributed by atoms with Gasteiger partial charge in [0.05, 0.1) is 28.1 Å². The third-order valence-electron chi connectivity index (χ3n) is 6.40. The quantitative estimate of drug-likeness (QED) is 0.169. The first-order valence-corrected chi connectivity index (χ1v) is 12.3. The van der Waals surface area contributed by atoms with E-state index in [1.54, 1.807) is 24.3 Å².